The molecule has 0 aromatic heterocycles. The minimum absolute atomic E-state index is 0.322. The molecule has 0 N–H and O–H groups in total. The fourth-order valence-electron chi connectivity index (χ4n) is 0.792. The summed E-state index contributed by atoms with van der Waals surface area (Å²) in [6.45, 7) is 0. The predicted molar refractivity (Wildman–Crippen MR) is 46.0 cm³/mol. The van der Waals surface area contributed by atoms with Crippen LogP contribution < -0.4 is 0 Å². The van der Waals surface area contributed by atoms with Crippen molar-refractivity contribution in [2.75, 3.05) is 0 Å². The van der Waals surface area contributed by atoms with Gasteiger partial charge in [-0.2, -0.15) is 0 Å². The lowest BCUT2D eigenvalue weighted by Crippen LogP contribution is -1.94. The highest BCUT2D eigenvalue weighted by atomic mass is 35.5. The van der Waals surface area contributed by atoms with E-state index in [-0.39, 0.29) is 0 Å². The van der Waals surface area contributed by atoms with Crippen LogP contribution in [0.3, 0.4) is 0 Å². The van der Waals surface area contributed by atoms with Crippen molar-refractivity contribution in [1.82, 2.24) is 0 Å². The SMILES string of the molecule is O=C=CC(=O)c1ccccc1Cl. The summed E-state index contributed by atoms with van der Waals surface area (Å²) >= 11 is 5.68. The van der Waals surface area contributed by atoms with Crippen LogP contribution in [0.2, 0.25) is 5.02 Å². The van der Waals surface area contributed by atoms with Crippen LogP contribution in [-0.4, -0.2) is 11.7 Å². The van der Waals surface area contributed by atoms with E-state index in [2.05, 4.69) is 0 Å². The first-order valence-electron chi connectivity index (χ1n) is 3.25. The van der Waals surface area contributed by atoms with Crippen LogP contribution >= 0.6 is 11.6 Å². The van der Waals surface area contributed by atoms with Gasteiger partial charge in [0.2, 0.25) is 0 Å². The van der Waals surface area contributed by atoms with Crippen LogP contribution in [0, 0.1) is 0 Å². The van der Waals surface area contributed by atoms with Gasteiger partial charge < -0.3 is 0 Å². The highest BCUT2D eigenvalue weighted by Crippen LogP contribution is 2.15. The number of halogens is 1. The second kappa shape index (κ2) is 3.86. The third kappa shape index (κ3) is 1.82. The number of hydrogen-bond donors (Lipinski definition) is 0. The summed E-state index contributed by atoms with van der Waals surface area (Å²) in [6, 6.07) is 6.54. The van der Waals surface area contributed by atoms with Crippen LogP contribution in [0.15, 0.2) is 30.3 Å². The molecule has 0 bridgehead atoms. The van der Waals surface area contributed by atoms with Gasteiger partial charge in [0.25, 0.3) is 0 Å². The van der Waals surface area contributed by atoms with Gasteiger partial charge in [-0.3, -0.25) is 4.79 Å². The van der Waals surface area contributed by atoms with Gasteiger partial charge >= 0.3 is 0 Å². The molecular formula is C9H5ClO2. The van der Waals surface area contributed by atoms with Crippen molar-refractivity contribution in [3.8, 4) is 0 Å². The highest BCUT2D eigenvalue weighted by molar-refractivity contribution is 6.34. The largest absolute Gasteiger partial charge is 0.288 e. The molecule has 0 aliphatic carbocycles. The van der Waals surface area contributed by atoms with Crippen LogP contribution in [0.1, 0.15) is 10.4 Å². The fourth-order valence-corrected chi connectivity index (χ4v) is 1.02. The summed E-state index contributed by atoms with van der Waals surface area (Å²) < 4.78 is 0. The van der Waals surface area contributed by atoms with Crippen molar-refractivity contribution >= 4 is 23.3 Å². The first kappa shape index (κ1) is 8.72. The van der Waals surface area contributed by atoms with Gasteiger partial charge in [-0.15, -0.1) is 0 Å². The molecule has 1 aromatic rings. The second-order valence-corrected chi connectivity index (χ2v) is 2.51. The fraction of sp³-hybridized carbons (Fsp3) is 0. The smallest absolute Gasteiger partial charge is 0.198 e. The maximum Gasteiger partial charge on any atom is 0.198 e. The van der Waals surface area contributed by atoms with Gasteiger partial charge in [0.1, 0.15) is 5.94 Å². The third-order valence-corrected chi connectivity index (χ3v) is 1.66. The van der Waals surface area contributed by atoms with E-state index in [1.165, 1.54) is 5.94 Å². The van der Waals surface area contributed by atoms with E-state index in [0.29, 0.717) is 10.6 Å². The summed E-state index contributed by atoms with van der Waals surface area (Å²) in [7, 11) is 0. The van der Waals surface area contributed by atoms with Crippen LogP contribution in [0.4, 0.5) is 0 Å². The van der Waals surface area contributed by atoms with Crippen LogP contribution in [-0.2, 0) is 4.79 Å². The lowest BCUT2D eigenvalue weighted by Gasteiger charge is -1.95. The van der Waals surface area contributed by atoms with E-state index in [9.17, 15) is 9.59 Å². The van der Waals surface area contributed by atoms with Gasteiger partial charge in [-0.1, -0.05) is 23.7 Å². The molecule has 0 unspecified atom stereocenters. The Morgan fingerprint density at radius 2 is 2.08 bits per heavy atom. The molecular weight excluding hydrogens is 176 g/mol. The molecule has 12 heavy (non-hydrogen) atoms. The van der Waals surface area contributed by atoms with Crippen LogP contribution in [0.5, 0.6) is 0 Å². The van der Waals surface area contributed by atoms with Crippen molar-refractivity contribution in [2.24, 2.45) is 0 Å². The van der Waals surface area contributed by atoms with Crippen molar-refractivity contribution in [2.45, 2.75) is 0 Å². The Labute approximate surface area is 74.5 Å². The Balaban J connectivity index is 3.11. The average molecular weight is 181 g/mol. The molecule has 0 radical (unpaired) electrons. The van der Waals surface area contributed by atoms with Crippen molar-refractivity contribution in [1.29, 1.82) is 0 Å². The predicted octanol–water partition coefficient (Wildman–Crippen LogP) is 1.91. The van der Waals surface area contributed by atoms with Gasteiger partial charge in [-0.05, 0) is 12.1 Å². The van der Waals surface area contributed by atoms with E-state index in [1.54, 1.807) is 24.3 Å². The van der Waals surface area contributed by atoms with Crippen molar-refractivity contribution in [3.05, 3.63) is 40.9 Å². The molecule has 0 amide bonds. The number of rotatable bonds is 2. The Morgan fingerprint density at radius 1 is 1.42 bits per heavy atom. The quantitative estimate of drug-likeness (QED) is 0.396. The topological polar surface area (TPSA) is 34.1 Å². The molecule has 0 heterocycles. The summed E-state index contributed by atoms with van der Waals surface area (Å²) in [5.74, 6) is 0.989. The summed E-state index contributed by atoms with van der Waals surface area (Å²) in [5, 5.41) is 0.342. The minimum Gasteiger partial charge on any atom is -0.288 e. The Kier molecular flexibility index (Phi) is 2.81. The second-order valence-electron chi connectivity index (χ2n) is 2.11. The standard InChI is InChI=1S/C9H5ClO2/c10-8-4-2-1-3-7(8)9(12)5-6-11/h1-5H. The number of carbonyl (C=O) groups is 1. The molecule has 0 aliphatic heterocycles. The third-order valence-electron chi connectivity index (χ3n) is 1.33. The summed E-state index contributed by atoms with van der Waals surface area (Å²) in [5.41, 5.74) is 0.322. The molecule has 3 heteroatoms. The molecule has 0 aliphatic rings. The van der Waals surface area contributed by atoms with Crippen molar-refractivity contribution < 1.29 is 9.59 Å². The van der Waals surface area contributed by atoms with Gasteiger partial charge in [0.05, 0.1) is 11.1 Å². The first-order valence-corrected chi connectivity index (χ1v) is 3.63. The van der Waals surface area contributed by atoms with Gasteiger partial charge in [0, 0.05) is 5.56 Å². The number of ketones is 1. The van der Waals surface area contributed by atoms with E-state index in [1.807, 2.05) is 0 Å². The lowest BCUT2D eigenvalue weighted by molar-refractivity contribution is 0.104. The Hall–Kier alpha value is -1.37. The van der Waals surface area contributed by atoms with Gasteiger partial charge in [0.15, 0.2) is 5.78 Å². The minimum atomic E-state index is -0.421. The first-order chi connectivity index (χ1) is 5.75. The number of benzene rings is 1. The molecule has 0 spiro atoms. The zero-order valence-corrected chi connectivity index (χ0v) is 6.84. The highest BCUT2D eigenvalue weighted by Gasteiger charge is 2.05. The molecule has 1 rings (SSSR count). The van der Waals surface area contributed by atoms with E-state index in [0.717, 1.165) is 6.08 Å². The van der Waals surface area contributed by atoms with Gasteiger partial charge in [-0.25, -0.2) is 4.79 Å². The molecule has 60 valence electrons. The van der Waals surface area contributed by atoms with E-state index >= 15 is 0 Å². The Morgan fingerprint density at radius 3 is 2.67 bits per heavy atom. The molecule has 0 saturated heterocycles. The monoisotopic (exact) mass is 180 g/mol. The summed E-state index contributed by atoms with van der Waals surface area (Å²) in [6.07, 6.45) is 0.821. The average Bonchev–Trinajstić information content (AvgIpc) is 2.05. The van der Waals surface area contributed by atoms with E-state index < -0.39 is 5.78 Å². The molecule has 0 fully saturated rings. The van der Waals surface area contributed by atoms with Crippen molar-refractivity contribution in [3.63, 3.8) is 0 Å². The van der Waals surface area contributed by atoms with Crippen LogP contribution in [0.25, 0.3) is 0 Å². The number of carbonyl (C=O) groups excluding carboxylic acids is 2. The lowest BCUT2D eigenvalue weighted by atomic mass is 10.1. The molecule has 0 saturated carbocycles. The zero-order valence-electron chi connectivity index (χ0n) is 6.08. The Bertz CT molecular complexity index is 351. The number of allylic oxidation sites excluding steroid dienone is 1. The van der Waals surface area contributed by atoms with E-state index in [4.69, 9.17) is 11.6 Å². The molecule has 2 nitrogen and oxygen atoms in total. The maximum absolute atomic E-state index is 11.1. The zero-order chi connectivity index (χ0) is 8.97. The maximum atomic E-state index is 11.1. The molecule has 0 atom stereocenters. The normalized spacial score (nSPS) is 8.75. The summed E-state index contributed by atoms with van der Waals surface area (Å²) in [4.78, 5) is 20.9. The molecule has 1 aromatic carbocycles. The number of hydrogen-bond acceptors (Lipinski definition) is 2.